The Morgan fingerprint density at radius 2 is 1.87 bits per heavy atom. The van der Waals surface area contributed by atoms with Crippen LogP contribution in [0.1, 0.15) is 15.9 Å². The van der Waals surface area contributed by atoms with Gasteiger partial charge in [-0.1, -0.05) is 11.6 Å². The van der Waals surface area contributed by atoms with Gasteiger partial charge in [0.05, 0.1) is 31.5 Å². The molecule has 0 aliphatic carbocycles. The summed E-state index contributed by atoms with van der Waals surface area (Å²) in [5.74, 6) is 1.64. The molecule has 0 bridgehead atoms. The van der Waals surface area contributed by atoms with E-state index in [9.17, 15) is 4.79 Å². The number of carbonyl (C=O) groups is 1. The Kier molecular flexibility index (Phi) is 5.86. The number of aromatic nitrogens is 2. The van der Waals surface area contributed by atoms with Gasteiger partial charge in [0.25, 0.3) is 5.91 Å². The second-order valence-electron chi connectivity index (χ2n) is 6.63. The van der Waals surface area contributed by atoms with E-state index >= 15 is 0 Å². The molecule has 0 unspecified atom stereocenters. The van der Waals surface area contributed by atoms with Gasteiger partial charge >= 0.3 is 0 Å². The van der Waals surface area contributed by atoms with Crippen molar-refractivity contribution in [3.8, 4) is 22.9 Å². The maximum absolute atomic E-state index is 12.5. The molecular formula is C23H19ClN4O3. The van der Waals surface area contributed by atoms with Crippen LogP contribution in [0.4, 0.5) is 0 Å². The summed E-state index contributed by atoms with van der Waals surface area (Å²) in [7, 11) is 3.14. The van der Waals surface area contributed by atoms with Gasteiger partial charge in [-0.25, -0.2) is 10.4 Å². The van der Waals surface area contributed by atoms with E-state index in [1.807, 2.05) is 12.1 Å². The molecule has 0 aliphatic heterocycles. The molecule has 3 aromatic carbocycles. The number of nitrogens with one attached hydrogen (secondary N) is 2. The highest BCUT2D eigenvalue weighted by Gasteiger charge is 2.10. The lowest BCUT2D eigenvalue weighted by atomic mass is 10.2. The van der Waals surface area contributed by atoms with Crippen molar-refractivity contribution in [2.24, 2.45) is 5.10 Å². The molecule has 7 nitrogen and oxygen atoms in total. The predicted octanol–water partition coefficient (Wildman–Crippen LogP) is 4.66. The Morgan fingerprint density at radius 1 is 1.06 bits per heavy atom. The molecular weight excluding hydrogens is 416 g/mol. The molecule has 0 radical (unpaired) electrons. The first-order chi connectivity index (χ1) is 15.1. The number of carbonyl (C=O) groups excluding carboxylic acids is 1. The Hall–Kier alpha value is -3.84. The van der Waals surface area contributed by atoms with Crippen LogP contribution in [0.15, 0.2) is 65.8 Å². The molecule has 0 spiro atoms. The first-order valence-electron chi connectivity index (χ1n) is 9.38. The normalized spacial score (nSPS) is 11.1. The summed E-state index contributed by atoms with van der Waals surface area (Å²) in [6, 6.07) is 17.9. The molecule has 1 amide bonds. The first-order valence-corrected chi connectivity index (χ1v) is 9.76. The van der Waals surface area contributed by atoms with Gasteiger partial charge in [-0.05, 0) is 60.7 Å². The highest BCUT2D eigenvalue weighted by atomic mass is 35.5. The third-order valence-electron chi connectivity index (χ3n) is 4.67. The number of halogens is 1. The summed E-state index contributed by atoms with van der Waals surface area (Å²) in [6.45, 7) is 0. The zero-order valence-corrected chi connectivity index (χ0v) is 17.6. The maximum Gasteiger partial charge on any atom is 0.271 e. The Bertz CT molecular complexity index is 1270. The number of nitrogens with zero attached hydrogens (tertiary/aromatic N) is 2. The second kappa shape index (κ2) is 8.89. The number of hydrazone groups is 1. The van der Waals surface area contributed by atoms with Crippen molar-refractivity contribution in [2.45, 2.75) is 0 Å². The molecule has 8 heteroatoms. The van der Waals surface area contributed by atoms with E-state index < -0.39 is 0 Å². The average Bonchev–Trinajstić information content (AvgIpc) is 3.22. The number of methoxy groups -OCH3 is 2. The van der Waals surface area contributed by atoms with E-state index in [0.29, 0.717) is 33.5 Å². The number of aromatic amines is 1. The number of fused-ring (bicyclic) bond motifs is 1. The summed E-state index contributed by atoms with van der Waals surface area (Å²) in [4.78, 5) is 20.3. The van der Waals surface area contributed by atoms with E-state index in [0.717, 1.165) is 16.6 Å². The predicted molar refractivity (Wildman–Crippen MR) is 121 cm³/mol. The largest absolute Gasteiger partial charge is 0.497 e. The highest BCUT2D eigenvalue weighted by molar-refractivity contribution is 6.30. The average molecular weight is 435 g/mol. The van der Waals surface area contributed by atoms with Crippen LogP contribution in [0, 0.1) is 0 Å². The van der Waals surface area contributed by atoms with E-state index in [-0.39, 0.29) is 5.91 Å². The number of imidazole rings is 1. The van der Waals surface area contributed by atoms with Gasteiger partial charge in [-0.15, -0.1) is 0 Å². The fraction of sp³-hybridized carbons (Fsp3) is 0.0870. The smallest absolute Gasteiger partial charge is 0.271 e. The van der Waals surface area contributed by atoms with E-state index in [1.165, 1.54) is 6.21 Å². The van der Waals surface area contributed by atoms with Gasteiger partial charge in [0, 0.05) is 21.7 Å². The lowest BCUT2D eigenvalue weighted by molar-refractivity contribution is 0.0955. The zero-order chi connectivity index (χ0) is 21.8. The number of amides is 1. The van der Waals surface area contributed by atoms with Crippen molar-refractivity contribution >= 4 is 34.8 Å². The SMILES string of the molecule is COc1ccc(OC)c(/C=N/NC(=O)c2ccc3nc(-c4ccc(Cl)cc4)[nH]c3c2)c1. The molecule has 4 aromatic rings. The third-order valence-corrected chi connectivity index (χ3v) is 4.92. The van der Waals surface area contributed by atoms with Crippen molar-refractivity contribution in [1.29, 1.82) is 0 Å². The Balaban J connectivity index is 1.51. The van der Waals surface area contributed by atoms with Crippen molar-refractivity contribution in [3.63, 3.8) is 0 Å². The summed E-state index contributed by atoms with van der Waals surface area (Å²) in [5, 5.41) is 4.70. The highest BCUT2D eigenvalue weighted by Crippen LogP contribution is 2.24. The Labute approximate surface area is 183 Å². The van der Waals surface area contributed by atoms with Crippen LogP contribution in [0.25, 0.3) is 22.4 Å². The van der Waals surface area contributed by atoms with Crippen LogP contribution in [0.3, 0.4) is 0 Å². The molecule has 31 heavy (non-hydrogen) atoms. The summed E-state index contributed by atoms with van der Waals surface area (Å²) < 4.78 is 10.5. The third kappa shape index (κ3) is 4.51. The van der Waals surface area contributed by atoms with Gasteiger partial charge in [0.1, 0.15) is 17.3 Å². The fourth-order valence-electron chi connectivity index (χ4n) is 3.06. The van der Waals surface area contributed by atoms with Crippen LogP contribution >= 0.6 is 11.6 Å². The van der Waals surface area contributed by atoms with Crippen LogP contribution in [-0.4, -0.2) is 36.3 Å². The molecule has 156 valence electrons. The van der Waals surface area contributed by atoms with Crippen molar-refractivity contribution in [3.05, 3.63) is 76.8 Å². The van der Waals surface area contributed by atoms with E-state index in [4.69, 9.17) is 21.1 Å². The molecule has 1 aromatic heterocycles. The van der Waals surface area contributed by atoms with Gasteiger partial charge in [0.2, 0.25) is 0 Å². The van der Waals surface area contributed by atoms with Gasteiger partial charge in [-0.2, -0.15) is 5.10 Å². The number of hydrogen-bond donors (Lipinski definition) is 2. The molecule has 2 N–H and O–H groups in total. The van der Waals surface area contributed by atoms with Crippen LogP contribution in [-0.2, 0) is 0 Å². The monoisotopic (exact) mass is 434 g/mol. The maximum atomic E-state index is 12.5. The summed E-state index contributed by atoms with van der Waals surface area (Å²) in [6.07, 6.45) is 1.51. The number of benzene rings is 3. The number of hydrogen-bond acceptors (Lipinski definition) is 5. The zero-order valence-electron chi connectivity index (χ0n) is 16.8. The van der Waals surface area contributed by atoms with Gasteiger partial charge in [-0.3, -0.25) is 4.79 Å². The van der Waals surface area contributed by atoms with Crippen LogP contribution < -0.4 is 14.9 Å². The van der Waals surface area contributed by atoms with Crippen molar-refractivity contribution < 1.29 is 14.3 Å². The fourth-order valence-corrected chi connectivity index (χ4v) is 3.19. The minimum atomic E-state index is -0.345. The lowest BCUT2D eigenvalue weighted by Gasteiger charge is -2.06. The minimum Gasteiger partial charge on any atom is -0.497 e. The quantitative estimate of drug-likeness (QED) is 0.341. The number of ether oxygens (including phenoxy) is 2. The van der Waals surface area contributed by atoms with E-state index in [1.54, 1.807) is 62.8 Å². The molecule has 0 aliphatic rings. The Morgan fingerprint density at radius 3 is 2.61 bits per heavy atom. The standard InChI is InChI=1S/C23H19ClN4O3/c1-30-18-8-10-21(31-2)16(11-18)13-25-28-23(29)15-5-9-19-20(12-15)27-22(26-19)14-3-6-17(24)7-4-14/h3-13H,1-2H3,(H,26,27)(H,28,29)/b25-13+. The minimum absolute atomic E-state index is 0.345. The molecule has 0 atom stereocenters. The van der Waals surface area contributed by atoms with Gasteiger partial charge < -0.3 is 14.5 Å². The topological polar surface area (TPSA) is 88.6 Å². The molecule has 0 fully saturated rings. The lowest BCUT2D eigenvalue weighted by Crippen LogP contribution is -2.17. The summed E-state index contributed by atoms with van der Waals surface area (Å²) in [5.41, 5.74) is 6.07. The molecule has 0 saturated heterocycles. The summed E-state index contributed by atoms with van der Waals surface area (Å²) >= 11 is 5.95. The van der Waals surface area contributed by atoms with Crippen molar-refractivity contribution in [2.75, 3.05) is 14.2 Å². The second-order valence-corrected chi connectivity index (χ2v) is 7.07. The van der Waals surface area contributed by atoms with Crippen LogP contribution in [0.2, 0.25) is 5.02 Å². The molecule has 4 rings (SSSR count). The molecule has 1 heterocycles. The number of rotatable bonds is 6. The van der Waals surface area contributed by atoms with Gasteiger partial charge in [0.15, 0.2) is 0 Å². The number of H-pyrrole nitrogens is 1. The van der Waals surface area contributed by atoms with E-state index in [2.05, 4.69) is 20.5 Å². The van der Waals surface area contributed by atoms with Crippen molar-refractivity contribution in [1.82, 2.24) is 15.4 Å². The first kappa shape index (κ1) is 20.4. The molecule has 0 saturated carbocycles. The van der Waals surface area contributed by atoms with Crippen LogP contribution in [0.5, 0.6) is 11.5 Å².